The lowest BCUT2D eigenvalue weighted by molar-refractivity contribution is -0.109. The SMILES string of the molecule is CC(C)(C)OC(=O)NC1CCCNC1COC1CCC(c2cc(Br)ccc2OCC=O)CC1. The number of alkyl carbamates (subject to hydrolysis) is 1. The second-order valence-electron chi connectivity index (χ2n) is 9.92. The largest absolute Gasteiger partial charge is 0.486 e. The number of amides is 1. The number of nitrogens with one attached hydrogen (secondary N) is 2. The fraction of sp³-hybridized carbons (Fsp3) is 0.680. The van der Waals surface area contributed by atoms with E-state index in [1.165, 1.54) is 0 Å². The minimum Gasteiger partial charge on any atom is -0.486 e. The van der Waals surface area contributed by atoms with E-state index in [9.17, 15) is 9.59 Å². The van der Waals surface area contributed by atoms with Crippen LogP contribution in [0.15, 0.2) is 22.7 Å². The second kappa shape index (κ2) is 12.2. The van der Waals surface area contributed by atoms with Gasteiger partial charge in [-0.2, -0.15) is 0 Å². The van der Waals surface area contributed by atoms with E-state index < -0.39 is 5.60 Å². The lowest BCUT2D eigenvalue weighted by Gasteiger charge is -2.36. The zero-order chi connectivity index (χ0) is 23.8. The van der Waals surface area contributed by atoms with E-state index in [0.29, 0.717) is 12.5 Å². The van der Waals surface area contributed by atoms with E-state index in [1.54, 1.807) is 0 Å². The van der Waals surface area contributed by atoms with Gasteiger partial charge in [-0.05, 0) is 95.5 Å². The van der Waals surface area contributed by atoms with Gasteiger partial charge in [-0.3, -0.25) is 4.79 Å². The molecule has 2 unspecified atom stereocenters. The van der Waals surface area contributed by atoms with Crippen molar-refractivity contribution in [3.05, 3.63) is 28.2 Å². The average molecular weight is 525 g/mol. The third-order valence-electron chi connectivity index (χ3n) is 6.19. The summed E-state index contributed by atoms with van der Waals surface area (Å²) in [5, 5.41) is 6.52. The Morgan fingerprint density at radius 2 is 1.97 bits per heavy atom. The first-order chi connectivity index (χ1) is 15.7. The molecule has 7 nitrogen and oxygen atoms in total. The molecule has 1 heterocycles. The molecule has 1 amide bonds. The summed E-state index contributed by atoms with van der Waals surface area (Å²) in [4.78, 5) is 23.0. The summed E-state index contributed by atoms with van der Waals surface area (Å²) in [6.45, 7) is 7.18. The number of hydrogen-bond donors (Lipinski definition) is 2. The van der Waals surface area contributed by atoms with Crippen molar-refractivity contribution in [2.45, 2.75) is 89.0 Å². The van der Waals surface area contributed by atoms with Crippen LogP contribution in [-0.4, -0.2) is 55.9 Å². The van der Waals surface area contributed by atoms with Gasteiger partial charge in [0, 0.05) is 10.5 Å². The van der Waals surface area contributed by atoms with Gasteiger partial charge < -0.3 is 24.8 Å². The summed E-state index contributed by atoms with van der Waals surface area (Å²) in [6, 6.07) is 6.06. The second-order valence-corrected chi connectivity index (χ2v) is 10.8. The van der Waals surface area contributed by atoms with Gasteiger partial charge in [0.25, 0.3) is 0 Å². The van der Waals surface area contributed by atoms with Crippen LogP contribution in [-0.2, 0) is 14.3 Å². The maximum atomic E-state index is 12.2. The molecule has 1 aliphatic heterocycles. The van der Waals surface area contributed by atoms with Gasteiger partial charge in [-0.1, -0.05) is 15.9 Å². The minimum atomic E-state index is -0.511. The van der Waals surface area contributed by atoms with Crippen molar-refractivity contribution in [1.29, 1.82) is 0 Å². The summed E-state index contributed by atoms with van der Waals surface area (Å²) in [7, 11) is 0. The number of piperidine rings is 1. The number of carbonyl (C=O) groups excluding carboxylic acids is 2. The predicted molar refractivity (Wildman–Crippen MR) is 131 cm³/mol. The van der Waals surface area contributed by atoms with Crippen molar-refractivity contribution < 1.29 is 23.8 Å². The Labute approximate surface area is 205 Å². The van der Waals surface area contributed by atoms with Gasteiger partial charge in [0.2, 0.25) is 0 Å². The van der Waals surface area contributed by atoms with E-state index in [4.69, 9.17) is 14.2 Å². The maximum absolute atomic E-state index is 12.2. The van der Waals surface area contributed by atoms with E-state index in [1.807, 2.05) is 32.9 Å². The van der Waals surface area contributed by atoms with Gasteiger partial charge >= 0.3 is 6.09 Å². The number of rotatable bonds is 8. The molecule has 2 atom stereocenters. The van der Waals surface area contributed by atoms with Crippen LogP contribution < -0.4 is 15.4 Å². The molecule has 1 aliphatic carbocycles. The number of benzene rings is 1. The summed E-state index contributed by atoms with van der Waals surface area (Å²) in [5.74, 6) is 1.18. The maximum Gasteiger partial charge on any atom is 0.407 e. The highest BCUT2D eigenvalue weighted by atomic mass is 79.9. The highest BCUT2D eigenvalue weighted by Crippen LogP contribution is 2.39. The molecule has 0 aromatic heterocycles. The molecule has 0 spiro atoms. The first-order valence-electron chi connectivity index (χ1n) is 12.0. The van der Waals surface area contributed by atoms with Crippen LogP contribution in [0.5, 0.6) is 5.75 Å². The van der Waals surface area contributed by atoms with Gasteiger partial charge in [0.05, 0.1) is 18.8 Å². The van der Waals surface area contributed by atoms with Crippen molar-refractivity contribution in [2.24, 2.45) is 0 Å². The van der Waals surface area contributed by atoms with Gasteiger partial charge in [0.15, 0.2) is 6.29 Å². The van der Waals surface area contributed by atoms with Crippen LogP contribution in [0, 0.1) is 0 Å². The fourth-order valence-electron chi connectivity index (χ4n) is 4.63. The van der Waals surface area contributed by atoms with Gasteiger partial charge in [-0.25, -0.2) is 4.79 Å². The van der Waals surface area contributed by atoms with Crippen LogP contribution >= 0.6 is 15.9 Å². The van der Waals surface area contributed by atoms with Crippen LogP contribution in [0.4, 0.5) is 4.79 Å². The smallest absolute Gasteiger partial charge is 0.407 e. The standard InChI is InChI=1S/C25H37BrN2O5/c1-25(2,3)33-24(30)28-21-5-4-12-27-22(21)16-32-19-9-6-17(7-10-19)20-15-18(26)8-11-23(20)31-14-13-29/h8,11,13,15,17,19,21-22,27H,4-7,9-10,12,14,16H2,1-3H3,(H,28,30). The Kier molecular flexibility index (Phi) is 9.58. The number of aldehydes is 1. The summed E-state index contributed by atoms with van der Waals surface area (Å²) in [5.41, 5.74) is 0.642. The molecule has 0 radical (unpaired) electrons. The van der Waals surface area contributed by atoms with Crippen LogP contribution in [0.1, 0.15) is 70.8 Å². The van der Waals surface area contributed by atoms with Crippen LogP contribution in [0.3, 0.4) is 0 Å². The third-order valence-corrected chi connectivity index (χ3v) is 6.68. The van der Waals surface area contributed by atoms with E-state index >= 15 is 0 Å². The molecule has 1 aromatic rings. The van der Waals surface area contributed by atoms with E-state index in [-0.39, 0.29) is 30.9 Å². The van der Waals surface area contributed by atoms with E-state index in [2.05, 4.69) is 32.6 Å². The summed E-state index contributed by atoms with van der Waals surface area (Å²) < 4.78 is 18.4. The summed E-state index contributed by atoms with van der Waals surface area (Å²) >= 11 is 3.55. The molecule has 8 heteroatoms. The topological polar surface area (TPSA) is 85.9 Å². The van der Waals surface area contributed by atoms with Gasteiger partial charge in [0.1, 0.15) is 18.0 Å². The highest BCUT2D eigenvalue weighted by Gasteiger charge is 2.30. The predicted octanol–water partition coefficient (Wildman–Crippen LogP) is 4.71. The molecule has 1 aromatic carbocycles. The molecule has 3 rings (SSSR count). The molecule has 0 bridgehead atoms. The van der Waals surface area contributed by atoms with Crippen molar-refractivity contribution in [3.8, 4) is 5.75 Å². The molecule has 33 heavy (non-hydrogen) atoms. The average Bonchev–Trinajstić information content (AvgIpc) is 2.77. The Hall–Kier alpha value is -1.64. The third kappa shape index (κ3) is 8.26. The van der Waals surface area contributed by atoms with Crippen LogP contribution in [0.2, 0.25) is 0 Å². The Bertz CT molecular complexity index is 789. The molecule has 184 valence electrons. The molecule has 2 aliphatic rings. The van der Waals surface area contributed by atoms with E-state index in [0.717, 1.165) is 67.1 Å². The van der Waals surface area contributed by atoms with Crippen molar-refractivity contribution in [3.63, 3.8) is 0 Å². The molecule has 1 saturated carbocycles. The fourth-order valence-corrected chi connectivity index (χ4v) is 5.01. The van der Waals surface area contributed by atoms with Crippen molar-refractivity contribution in [1.82, 2.24) is 10.6 Å². The Morgan fingerprint density at radius 3 is 2.67 bits per heavy atom. The zero-order valence-corrected chi connectivity index (χ0v) is 21.5. The zero-order valence-electron chi connectivity index (χ0n) is 19.9. The Morgan fingerprint density at radius 1 is 1.21 bits per heavy atom. The lowest BCUT2D eigenvalue weighted by Crippen LogP contribution is -2.56. The van der Waals surface area contributed by atoms with Crippen LogP contribution in [0.25, 0.3) is 0 Å². The first kappa shape index (κ1) is 26.0. The quantitative estimate of drug-likeness (QED) is 0.478. The molecule has 1 saturated heterocycles. The number of hydrogen-bond acceptors (Lipinski definition) is 6. The summed E-state index contributed by atoms with van der Waals surface area (Å²) in [6.07, 6.45) is 6.51. The van der Waals surface area contributed by atoms with Crippen molar-refractivity contribution in [2.75, 3.05) is 19.8 Å². The van der Waals surface area contributed by atoms with Gasteiger partial charge in [-0.15, -0.1) is 0 Å². The number of carbonyl (C=O) groups is 2. The number of ether oxygens (including phenoxy) is 3. The monoisotopic (exact) mass is 524 g/mol. The lowest BCUT2D eigenvalue weighted by atomic mass is 9.82. The number of halogens is 1. The first-order valence-corrected chi connectivity index (χ1v) is 12.7. The molecule has 2 N–H and O–H groups in total. The molecular formula is C25H37BrN2O5. The molecule has 2 fully saturated rings. The normalized spacial score (nSPS) is 25.8. The molecular weight excluding hydrogens is 488 g/mol. The van der Waals surface area contributed by atoms with Crippen molar-refractivity contribution >= 4 is 28.3 Å². The Balaban J connectivity index is 1.49. The highest BCUT2D eigenvalue weighted by molar-refractivity contribution is 9.10. The minimum absolute atomic E-state index is 0.00383.